The van der Waals surface area contributed by atoms with E-state index in [0.717, 1.165) is 0 Å². The molecule has 0 unspecified atom stereocenters. The van der Waals surface area contributed by atoms with Gasteiger partial charge >= 0.3 is 0 Å². The number of amides is 1. The molecule has 72 valence electrons. The number of hydrogen-bond donors (Lipinski definition) is 2. The van der Waals surface area contributed by atoms with Crippen molar-refractivity contribution in [1.29, 1.82) is 0 Å². The van der Waals surface area contributed by atoms with Crippen LogP contribution in [-0.2, 0) is 14.3 Å². The second-order valence-electron chi connectivity index (χ2n) is 2.24. The summed E-state index contributed by atoms with van der Waals surface area (Å²) < 4.78 is 9.72. The molecule has 0 aromatic heterocycles. The smallest absolute Gasteiger partial charge is 0.221 e. The molecular formula is C7H16N2O3. The number of rotatable bonds is 6. The molecule has 0 rings (SSSR count). The number of hydrogen-bond acceptors (Lipinski definition) is 4. The molecule has 0 aliphatic carbocycles. The summed E-state index contributed by atoms with van der Waals surface area (Å²) in [6, 6.07) is 0. The van der Waals surface area contributed by atoms with E-state index in [1.54, 1.807) is 0 Å². The van der Waals surface area contributed by atoms with Crippen molar-refractivity contribution in [2.75, 3.05) is 27.3 Å². The molecule has 5 heteroatoms. The Bertz CT molecular complexity index is 126. The fourth-order valence-corrected chi connectivity index (χ4v) is 0.680. The van der Waals surface area contributed by atoms with Gasteiger partial charge in [0.25, 0.3) is 0 Å². The Morgan fingerprint density at radius 3 is 2.50 bits per heavy atom. The summed E-state index contributed by atoms with van der Waals surface area (Å²) in [6.45, 7) is 0.711. The van der Waals surface area contributed by atoms with Crippen LogP contribution < -0.4 is 11.1 Å². The molecule has 0 aromatic carbocycles. The molecule has 5 nitrogen and oxygen atoms in total. The predicted molar refractivity (Wildman–Crippen MR) is 44.5 cm³/mol. The van der Waals surface area contributed by atoms with Crippen LogP contribution in [0.4, 0.5) is 0 Å². The molecule has 0 aliphatic rings. The lowest BCUT2D eigenvalue weighted by Gasteiger charge is -2.13. The van der Waals surface area contributed by atoms with E-state index in [4.69, 9.17) is 15.2 Å². The van der Waals surface area contributed by atoms with Crippen LogP contribution in [-0.4, -0.2) is 39.5 Å². The maximum Gasteiger partial charge on any atom is 0.221 e. The van der Waals surface area contributed by atoms with E-state index < -0.39 is 0 Å². The minimum atomic E-state index is -0.383. The van der Waals surface area contributed by atoms with Crippen LogP contribution in [0.25, 0.3) is 0 Å². The first-order chi connectivity index (χ1) is 5.74. The molecule has 1 amide bonds. The van der Waals surface area contributed by atoms with Crippen LogP contribution in [0.15, 0.2) is 0 Å². The van der Waals surface area contributed by atoms with Gasteiger partial charge < -0.3 is 20.5 Å². The summed E-state index contributed by atoms with van der Waals surface area (Å²) in [7, 11) is 3.03. The van der Waals surface area contributed by atoms with Crippen molar-refractivity contribution in [2.24, 2.45) is 5.73 Å². The van der Waals surface area contributed by atoms with Crippen LogP contribution in [0.5, 0.6) is 0 Å². The summed E-state index contributed by atoms with van der Waals surface area (Å²) in [5, 5.41) is 2.62. The van der Waals surface area contributed by atoms with Crippen LogP contribution >= 0.6 is 0 Å². The Kier molecular flexibility index (Phi) is 6.64. The van der Waals surface area contributed by atoms with Gasteiger partial charge in [-0.15, -0.1) is 0 Å². The normalized spacial score (nSPS) is 10.3. The monoisotopic (exact) mass is 176 g/mol. The van der Waals surface area contributed by atoms with Gasteiger partial charge in [0.15, 0.2) is 6.29 Å². The molecule has 0 saturated heterocycles. The fraction of sp³-hybridized carbons (Fsp3) is 0.857. The average Bonchev–Trinajstić information content (AvgIpc) is 2.07. The number of nitrogens with two attached hydrogens (primary N) is 1. The third-order valence-electron chi connectivity index (χ3n) is 1.36. The highest BCUT2D eigenvalue weighted by Crippen LogP contribution is 1.87. The number of carbonyl (C=O) groups excluding carboxylic acids is 1. The molecule has 0 radical (unpaired) electrons. The Morgan fingerprint density at radius 2 is 2.08 bits per heavy atom. The topological polar surface area (TPSA) is 73.6 Å². The van der Waals surface area contributed by atoms with Crippen molar-refractivity contribution < 1.29 is 14.3 Å². The lowest BCUT2D eigenvalue weighted by atomic mass is 10.4. The quantitative estimate of drug-likeness (QED) is 0.513. The van der Waals surface area contributed by atoms with Gasteiger partial charge in [0, 0.05) is 27.2 Å². The molecule has 0 saturated carbocycles. The number of nitrogens with one attached hydrogen (secondary N) is 1. The Labute approximate surface area is 72.2 Å². The number of methoxy groups -OCH3 is 2. The molecule has 0 atom stereocenters. The molecule has 0 spiro atoms. The van der Waals surface area contributed by atoms with Crippen molar-refractivity contribution >= 4 is 5.91 Å². The van der Waals surface area contributed by atoms with E-state index in [1.165, 1.54) is 14.2 Å². The second-order valence-corrected chi connectivity index (χ2v) is 2.24. The highest BCUT2D eigenvalue weighted by Gasteiger charge is 2.06. The van der Waals surface area contributed by atoms with Gasteiger partial charge in [-0.25, -0.2) is 0 Å². The van der Waals surface area contributed by atoms with E-state index in [-0.39, 0.29) is 12.2 Å². The van der Waals surface area contributed by atoms with E-state index >= 15 is 0 Å². The van der Waals surface area contributed by atoms with Crippen molar-refractivity contribution in [2.45, 2.75) is 12.7 Å². The molecule has 12 heavy (non-hydrogen) atoms. The van der Waals surface area contributed by atoms with Crippen LogP contribution in [0.1, 0.15) is 6.42 Å². The third kappa shape index (κ3) is 5.06. The van der Waals surface area contributed by atoms with Gasteiger partial charge in [-0.1, -0.05) is 0 Å². The van der Waals surface area contributed by atoms with Gasteiger partial charge in [0.05, 0.1) is 6.54 Å². The van der Waals surface area contributed by atoms with Gasteiger partial charge in [0.1, 0.15) is 0 Å². The molecule has 0 bridgehead atoms. The van der Waals surface area contributed by atoms with Crippen molar-refractivity contribution in [3.63, 3.8) is 0 Å². The largest absolute Gasteiger partial charge is 0.354 e. The molecule has 0 aromatic rings. The van der Waals surface area contributed by atoms with Crippen LogP contribution in [0, 0.1) is 0 Å². The Balaban J connectivity index is 3.44. The van der Waals surface area contributed by atoms with E-state index in [0.29, 0.717) is 19.5 Å². The van der Waals surface area contributed by atoms with Gasteiger partial charge in [-0.3, -0.25) is 4.79 Å². The molecule has 0 fully saturated rings. The van der Waals surface area contributed by atoms with Gasteiger partial charge in [-0.2, -0.15) is 0 Å². The molecule has 3 N–H and O–H groups in total. The van der Waals surface area contributed by atoms with Crippen LogP contribution in [0.3, 0.4) is 0 Å². The minimum absolute atomic E-state index is 0.0865. The van der Waals surface area contributed by atoms with Gasteiger partial charge in [-0.05, 0) is 0 Å². The number of carbonyl (C=O) groups is 1. The Morgan fingerprint density at radius 1 is 1.50 bits per heavy atom. The summed E-state index contributed by atoms with van der Waals surface area (Å²) >= 11 is 0. The lowest BCUT2D eigenvalue weighted by molar-refractivity contribution is -0.127. The predicted octanol–water partition coefficient (Wildman–Crippen LogP) is -0.930. The first-order valence-corrected chi connectivity index (χ1v) is 3.77. The number of ether oxygens (including phenoxy) is 2. The van der Waals surface area contributed by atoms with E-state index in [1.807, 2.05) is 0 Å². The zero-order chi connectivity index (χ0) is 9.40. The maximum atomic E-state index is 10.9. The van der Waals surface area contributed by atoms with Crippen molar-refractivity contribution in [3.8, 4) is 0 Å². The summed E-state index contributed by atoms with van der Waals surface area (Å²) in [5.74, 6) is -0.0865. The zero-order valence-corrected chi connectivity index (χ0v) is 7.50. The highest BCUT2D eigenvalue weighted by atomic mass is 16.7. The first-order valence-electron chi connectivity index (χ1n) is 3.77. The first kappa shape index (κ1) is 11.4. The van der Waals surface area contributed by atoms with Crippen molar-refractivity contribution in [3.05, 3.63) is 0 Å². The van der Waals surface area contributed by atoms with E-state index in [9.17, 15) is 4.79 Å². The second kappa shape index (κ2) is 7.02. The van der Waals surface area contributed by atoms with Gasteiger partial charge in [0.2, 0.25) is 5.91 Å². The van der Waals surface area contributed by atoms with Crippen molar-refractivity contribution in [1.82, 2.24) is 5.32 Å². The lowest BCUT2D eigenvalue weighted by Crippen LogP contribution is -2.34. The summed E-state index contributed by atoms with van der Waals surface area (Å²) in [5.41, 5.74) is 5.18. The summed E-state index contributed by atoms with van der Waals surface area (Å²) in [4.78, 5) is 10.9. The highest BCUT2D eigenvalue weighted by molar-refractivity contribution is 5.75. The summed E-state index contributed by atoms with van der Waals surface area (Å²) in [6.07, 6.45) is -0.0492. The Hall–Kier alpha value is -0.650. The average molecular weight is 176 g/mol. The minimum Gasteiger partial charge on any atom is -0.354 e. The zero-order valence-electron chi connectivity index (χ0n) is 7.50. The third-order valence-corrected chi connectivity index (χ3v) is 1.36. The van der Waals surface area contributed by atoms with E-state index in [2.05, 4.69) is 5.32 Å². The molecular weight excluding hydrogens is 160 g/mol. The molecule has 0 aliphatic heterocycles. The maximum absolute atomic E-state index is 10.9. The molecule has 0 heterocycles. The standard InChI is InChI=1S/C7H16N2O3/c1-11-7(12-2)5-9-6(10)3-4-8/h7H,3-5,8H2,1-2H3,(H,9,10). The van der Waals surface area contributed by atoms with Crippen LogP contribution in [0.2, 0.25) is 0 Å². The fourth-order valence-electron chi connectivity index (χ4n) is 0.680. The SMILES string of the molecule is COC(CNC(=O)CCN)OC.